The average Bonchev–Trinajstić information content (AvgIpc) is 2.90. The Morgan fingerprint density at radius 1 is 1.55 bits per heavy atom. The molecule has 1 heterocycles. The highest BCUT2D eigenvalue weighted by Gasteiger charge is 2.24. The van der Waals surface area contributed by atoms with E-state index in [9.17, 15) is 13.2 Å². The number of sulfonamides is 1. The molecule has 0 bridgehead atoms. The number of carbonyl (C=O) groups is 1. The van der Waals surface area contributed by atoms with Crippen LogP contribution in [0.15, 0.2) is 21.7 Å². The molecule has 114 valence electrons. The summed E-state index contributed by atoms with van der Waals surface area (Å²) in [4.78, 5) is 11.8. The van der Waals surface area contributed by atoms with E-state index < -0.39 is 10.0 Å². The summed E-state index contributed by atoms with van der Waals surface area (Å²) in [6, 6.07) is 3.08. The standard InChI is InChI=1S/C12H20N2O4S2/c1-10(5-3-7-15)13-11(16)9-14(2)20(17,18)12-6-4-8-19-12/h4,6,8,10,15H,3,5,7,9H2,1-2H3,(H,13,16). The lowest BCUT2D eigenvalue weighted by Crippen LogP contribution is -2.41. The Hall–Kier alpha value is -0.960. The summed E-state index contributed by atoms with van der Waals surface area (Å²) < 4.78 is 25.5. The molecule has 0 aliphatic heterocycles. The summed E-state index contributed by atoms with van der Waals surface area (Å²) in [5.74, 6) is -0.349. The molecule has 0 aliphatic carbocycles. The minimum absolute atomic E-state index is 0.0763. The molecule has 0 radical (unpaired) electrons. The summed E-state index contributed by atoms with van der Waals surface area (Å²) in [7, 11) is -2.21. The Labute approximate surface area is 123 Å². The maximum atomic E-state index is 12.1. The normalized spacial score (nSPS) is 13.4. The highest BCUT2D eigenvalue weighted by atomic mass is 32.2. The van der Waals surface area contributed by atoms with E-state index in [4.69, 9.17) is 5.11 Å². The summed E-state index contributed by atoms with van der Waals surface area (Å²) in [5, 5.41) is 13.1. The van der Waals surface area contributed by atoms with Crippen LogP contribution in [0.4, 0.5) is 0 Å². The van der Waals surface area contributed by atoms with Crippen LogP contribution in [0.2, 0.25) is 0 Å². The summed E-state index contributed by atoms with van der Waals surface area (Å²) in [5.41, 5.74) is 0. The minimum atomic E-state index is -3.59. The van der Waals surface area contributed by atoms with Crippen molar-refractivity contribution < 1.29 is 18.3 Å². The molecule has 0 aliphatic rings. The van der Waals surface area contributed by atoms with Gasteiger partial charge in [-0.25, -0.2) is 8.42 Å². The fourth-order valence-corrected chi connectivity index (χ4v) is 3.97. The third-order valence-corrected chi connectivity index (χ3v) is 5.90. The van der Waals surface area contributed by atoms with Crippen molar-refractivity contribution in [2.24, 2.45) is 0 Å². The lowest BCUT2D eigenvalue weighted by molar-refractivity contribution is -0.121. The zero-order chi connectivity index (χ0) is 15.2. The molecule has 1 amide bonds. The lowest BCUT2D eigenvalue weighted by atomic mass is 10.2. The van der Waals surface area contributed by atoms with E-state index in [1.54, 1.807) is 11.4 Å². The minimum Gasteiger partial charge on any atom is -0.396 e. The second-order valence-electron chi connectivity index (χ2n) is 4.53. The number of aliphatic hydroxyl groups excluding tert-OH is 1. The first-order chi connectivity index (χ1) is 9.37. The lowest BCUT2D eigenvalue weighted by Gasteiger charge is -2.18. The smallest absolute Gasteiger partial charge is 0.252 e. The van der Waals surface area contributed by atoms with Crippen LogP contribution in [0.5, 0.6) is 0 Å². The summed E-state index contributed by atoms with van der Waals surface area (Å²) in [6.07, 6.45) is 1.26. The van der Waals surface area contributed by atoms with Gasteiger partial charge in [0, 0.05) is 19.7 Å². The van der Waals surface area contributed by atoms with E-state index in [2.05, 4.69) is 5.32 Å². The van der Waals surface area contributed by atoms with Crippen LogP contribution < -0.4 is 5.32 Å². The van der Waals surface area contributed by atoms with Gasteiger partial charge in [0.15, 0.2) is 0 Å². The first kappa shape index (κ1) is 17.1. The topological polar surface area (TPSA) is 86.7 Å². The van der Waals surface area contributed by atoms with Crippen LogP contribution in [0.1, 0.15) is 19.8 Å². The van der Waals surface area contributed by atoms with Crippen molar-refractivity contribution in [1.29, 1.82) is 0 Å². The largest absolute Gasteiger partial charge is 0.396 e. The van der Waals surface area contributed by atoms with Crippen LogP contribution in [0.3, 0.4) is 0 Å². The quantitative estimate of drug-likeness (QED) is 0.736. The summed E-state index contributed by atoms with van der Waals surface area (Å²) in [6.45, 7) is 1.68. The van der Waals surface area contributed by atoms with Crippen molar-refractivity contribution in [3.63, 3.8) is 0 Å². The van der Waals surface area contributed by atoms with Gasteiger partial charge >= 0.3 is 0 Å². The van der Waals surface area contributed by atoms with Crippen LogP contribution >= 0.6 is 11.3 Å². The number of hydrogen-bond donors (Lipinski definition) is 2. The number of likely N-dealkylation sites (N-methyl/N-ethyl adjacent to an activating group) is 1. The van der Waals surface area contributed by atoms with Gasteiger partial charge in [-0.3, -0.25) is 4.79 Å². The molecule has 8 heteroatoms. The highest BCUT2D eigenvalue weighted by molar-refractivity contribution is 7.91. The van der Waals surface area contributed by atoms with Gasteiger partial charge in [-0.2, -0.15) is 4.31 Å². The summed E-state index contributed by atoms with van der Waals surface area (Å²) >= 11 is 1.12. The molecule has 1 aromatic heterocycles. The van der Waals surface area contributed by atoms with E-state index in [0.29, 0.717) is 12.8 Å². The van der Waals surface area contributed by atoms with Gasteiger partial charge in [-0.15, -0.1) is 11.3 Å². The van der Waals surface area contributed by atoms with Crippen molar-refractivity contribution in [3.8, 4) is 0 Å². The number of nitrogens with zero attached hydrogens (tertiary/aromatic N) is 1. The maximum absolute atomic E-state index is 12.1. The van der Waals surface area contributed by atoms with Crippen molar-refractivity contribution in [2.75, 3.05) is 20.2 Å². The van der Waals surface area contributed by atoms with E-state index in [1.807, 2.05) is 6.92 Å². The molecule has 0 saturated heterocycles. The second-order valence-corrected chi connectivity index (χ2v) is 7.75. The van der Waals surface area contributed by atoms with E-state index in [1.165, 1.54) is 13.1 Å². The second kappa shape index (κ2) is 7.72. The van der Waals surface area contributed by atoms with Gasteiger partial charge in [-0.05, 0) is 31.2 Å². The van der Waals surface area contributed by atoms with E-state index in [0.717, 1.165) is 15.6 Å². The first-order valence-corrected chi connectivity index (χ1v) is 8.60. The fraction of sp³-hybridized carbons (Fsp3) is 0.583. The molecule has 1 aromatic rings. The predicted octanol–water partition coefficient (Wildman–Crippen LogP) is 0.646. The van der Waals surface area contributed by atoms with Crippen LogP contribution in [0, 0.1) is 0 Å². The van der Waals surface area contributed by atoms with Gasteiger partial charge in [0.05, 0.1) is 6.54 Å². The number of amides is 1. The number of thiophene rings is 1. The van der Waals surface area contributed by atoms with Crippen LogP contribution in [-0.2, 0) is 14.8 Å². The van der Waals surface area contributed by atoms with Gasteiger partial charge in [-0.1, -0.05) is 6.07 Å². The van der Waals surface area contributed by atoms with Gasteiger partial charge in [0.25, 0.3) is 10.0 Å². The molecule has 1 atom stereocenters. The molecule has 0 aromatic carbocycles. The number of carbonyl (C=O) groups excluding carboxylic acids is 1. The van der Waals surface area contributed by atoms with Gasteiger partial charge < -0.3 is 10.4 Å². The van der Waals surface area contributed by atoms with Crippen molar-refractivity contribution in [1.82, 2.24) is 9.62 Å². The van der Waals surface area contributed by atoms with Gasteiger partial charge in [0.2, 0.25) is 5.91 Å². The monoisotopic (exact) mass is 320 g/mol. The predicted molar refractivity (Wildman–Crippen MR) is 78.1 cm³/mol. The third kappa shape index (κ3) is 4.86. The zero-order valence-corrected chi connectivity index (χ0v) is 13.2. The van der Waals surface area contributed by atoms with Gasteiger partial charge in [0.1, 0.15) is 4.21 Å². The number of aliphatic hydroxyl groups is 1. The Balaban J connectivity index is 2.54. The third-order valence-electron chi connectivity index (χ3n) is 2.73. The number of rotatable bonds is 8. The number of hydrogen-bond acceptors (Lipinski definition) is 5. The Morgan fingerprint density at radius 3 is 2.80 bits per heavy atom. The van der Waals surface area contributed by atoms with Crippen LogP contribution in [0.25, 0.3) is 0 Å². The molecule has 6 nitrogen and oxygen atoms in total. The number of nitrogens with one attached hydrogen (secondary N) is 1. The van der Waals surface area contributed by atoms with Crippen molar-refractivity contribution in [2.45, 2.75) is 30.0 Å². The fourth-order valence-electron chi connectivity index (χ4n) is 1.64. The Kier molecular flexibility index (Phi) is 6.60. The van der Waals surface area contributed by atoms with Crippen LogP contribution in [-0.4, -0.2) is 50.0 Å². The van der Waals surface area contributed by atoms with Crippen molar-refractivity contribution >= 4 is 27.3 Å². The molecular formula is C12H20N2O4S2. The Bertz CT molecular complexity index is 514. The first-order valence-electron chi connectivity index (χ1n) is 6.28. The van der Waals surface area contributed by atoms with E-state index in [-0.39, 0.29) is 29.3 Å². The highest BCUT2D eigenvalue weighted by Crippen LogP contribution is 2.19. The average molecular weight is 320 g/mol. The molecular weight excluding hydrogens is 300 g/mol. The zero-order valence-electron chi connectivity index (χ0n) is 11.6. The molecule has 2 N–H and O–H groups in total. The molecule has 0 saturated carbocycles. The van der Waals surface area contributed by atoms with Crippen molar-refractivity contribution in [3.05, 3.63) is 17.5 Å². The SMILES string of the molecule is CC(CCCO)NC(=O)CN(C)S(=O)(=O)c1cccs1. The molecule has 1 rings (SSSR count). The molecule has 0 spiro atoms. The Morgan fingerprint density at radius 2 is 2.25 bits per heavy atom. The molecule has 20 heavy (non-hydrogen) atoms. The maximum Gasteiger partial charge on any atom is 0.252 e. The van der Waals surface area contributed by atoms with E-state index >= 15 is 0 Å². The molecule has 1 unspecified atom stereocenters. The molecule has 0 fully saturated rings.